The fraction of sp³-hybridized carbons (Fsp3) is 0.263. The molecule has 128 valence electrons. The molecule has 1 aromatic heterocycles. The van der Waals surface area contributed by atoms with Gasteiger partial charge in [-0.25, -0.2) is 0 Å². The number of carbonyl (C=O) groups is 2. The Kier molecular flexibility index (Phi) is 4.46. The first-order valence-electron chi connectivity index (χ1n) is 7.99. The van der Waals surface area contributed by atoms with E-state index in [0.717, 1.165) is 5.56 Å². The number of rotatable bonds is 4. The summed E-state index contributed by atoms with van der Waals surface area (Å²) in [5, 5.41) is 9.93. The number of pyridine rings is 1. The van der Waals surface area contributed by atoms with E-state index in [1.165, 1.54) is 18.7 Å². The van der Waals surface area contributed by atoms with Gasteiger partial charge in [0, 0.05) is 11.8 Å². The van der Waals surface area contributed by atoms with E-state index in [4.69, 9.17) is 0 Å². The molecule has 1 aliphatic rings. The van der Waals surface area contributed by atoms with E-state index in [1.807, 2.05) is 30.3 Å². The van der Waals surface area contributed by atoms with E-state index < -0.39 is 11.4 Å². The first-order chi connectivity index (χ1) is 11.9. The summed E-state index contributed by atoms with van der Waals surface area (Å²) in [6, 6.07) is 12.8. The van der Waals surface area contributed by atoms with Crippen molar-refractivity contribution in [2.24, 2.45) is 4.99 Å². The van der Waals surface area contributed by atoms with Crippen LogP contribution < -0.4 is 4.90 Å². The highest BCUT2D eigenvalue weighted by molar-refractivity contribution is 6.19. The van der Waals surface area contributed by atoms with Crippen molar-refractivity contribution >= 4 is 23.1 Å². The Hall–Kier alpha value is -2.86. The van der Waals surface area contributed by atoms with Crippen LogP contribution in [0.5, 0.6) is 0 Å². The number of anilines is 1. The quantitative estimate of drug-likeness (QED) is 0.919. The molecule has 0 atom stereocenters. The van der Waals surface area contributed by atoms with E-state index in [9.17, 15) is 14.7 Å². The Balaban J connectivity index is 2.06. The van der Waals surface area contributed by atoms with Gasteiger partial charge in [-0.1, -0.05) is 24.3 Å². The van der Waals surface area contributed by atoms with E-state index in [2.05, 4.69) is 9.98 Å². The molecule has 25 heavy (non-hydrogen) atoms. The number of amides is 1. The lowest BCUT2D eigenvalue weighted by Gasteiger charge is -2.25. The third-order valence-corrected chi connectivity index (χ3v) is 4.02. The van der Waals surface area contributed by atoms with Crippen LogP contribution in [0, 0.1) is 0 Å². The Morgan fingerprint density at radius 1 is 1.20 bits per heavy atom. The SMILES string of the molecule is CC(C)(O)C(=O)CN1C(=O)CN=C(c2ccccn2)c2ccccc21. The number of benzene rings is 1. The zero-order valence-electron chi connectivity index (χ0n) is 14.1. The van der Waals surface area contributed by atoms with Crippen molar-refractivity contribution < 1.29 is 14.7 Å². The van der Waals surface area contributed by atoms with Gasteiger partial charge in [-0.05, 0) is 32.0 Å². The molecule has 1 aliphatic heterocycles. The lowest BCUT2D eigenvalue weighted by Crippen LogP contribution is -2.44. The molecule has 0 radical (unpaired) electrons. The molecule has 0 spiro atoms. The average molecular weight is 337 g/mol. The summed E-state index contributed by atoms with van der Waals surface area (Å²) < 4.78 is 0. The highest BCUT2D eigenvalue weighted by atomic mass is 16.3. The molecule has 0 bridgehead atoms. The van der Waals surface area contributed by atoms with Crippen LogP contribution in [-0.2, 0) is 9.59 Å². The smallest absolute Gasteiger partial charge is 0.249 e. The molecule has 0 saturated heterocycles. The molecule has 1 aromatic carbocycles. The number of aliphatic imine (C=N–C) groups is 1. The van der Waals surface area contributed by atoms with Gasteiger partial charge < -0.3 is 10.0 Å². The molecule has 0 aliphatic carbocycles. The summed E-state index contributed by atoms with van der Waals surface area (Å²) in [4.78, 5) is 35.0. The van der Waals surface area contributed by atoms with Gasteiger partial charge in [0.2, 0.25) is 5.91 Å². The Morgan fingerprint density at radius 2 is 1.92 bits per heavy atom. The van der Waals surface area contributed by atoms with Crippen molar-refractivity contribution in [3.8, 4) is 0 Å². The van der Waals surface area contributed by atoms with Crippen LogP contribution in [0.15, 0.2) is 53.7 Å². The van der Waals surface area contributed by atoms with Crippen molar-refractivity contribution in [2.45, 2.75) is 19.4 Å². The second-order valence-corrected chi connectivity index (χ2v) is 6.36. The summed E-state index contributed by atoms with van der Waals surface area (Å²) in [7, 11) is 0. The second-order valence-electron chi connectivity index (χ2n) is 6.36. The third kappa shape index (κ3) is 3.49. The highest BCUT2D eigenvalue weighted by Crippen LogP contribution is 2.26. The molecule has 0 fully saturated rings. The Bertz CT molecular complexity index is 838. The lowest BCUT2D eigenvalue weighted by molar-refractivity contribution is -0.133. The molecule has 3 rings (SSSR count). The maximum Gasteiger partial charge on any atom is 0.249 e. The minimum atomic E-state index is -1.51. The summed E-state index contributed by atoms with van der Waals surface area (Å²) >= 11 is 0. The first-order valence-corrected chi connectivity index (χ1v) is 7.99. The zero-order valence-corrected chi connectivity index (χ0v) is 14.1. The summed E-state index contributed by atoms with van der Waals surface area (Å²) in [5.41, 5.74) is 1.09. The first kappa shape index (κ1) is 17.0. The molecule has 2 aromatic rings. The Labute approximate surface area is 145 Å². The standard InChI is InChI=1S/C19H19N3O3/c1-19(2,25)16(23)12-22-15-9-4-3-7-13(15)18(21-11-17(22)24)14-8-5-6-10-20-14/h3-10,25H,11-12H2,1-2H3. The number of nitrogens with zero attached hydrogens (tertiary/aromatic N) is 3. The lowest BCUT2D eigenvalue weighted by atomic mass is 10.0. The van der Waals surface area contributed by atoms with Gasteiger partial charge in [0.25, 0.3) is 0 Å². The van der Waals surface area contributed by atoms with E-state index in [-0.39, 0.29) is 19.0 Å². The van der Waals surface area contributed by atoms with Gasteiger partial charge in [-0.3, -0.25) is 19.6 Å². The predicted molar refractivity (Wildman–Crippen MR) is 94.8 cm³/mol. The summed E-state index contributed by atoms with van der Waals surface area (Å²) in [6.45, 7) is 2.54. The third-order valence-electron chi connectivity index (χ3n) is 4.02. The number of carbonyl (C=O) groups excluding carboxylic acids is 2. The van der Waals surface area contributed by atoms with Crippen LogP contribution in [0.2, 0.25) is 0 Å². The van der Waals surface area contributed by atoms with Crippen LogP contribution in [0.1, 0.15) is 25.1 Å². The summed E-state index contributed by atoms with van der Waals surface area (Å²) in [6.07, 6.45) is 1.67. The van der Waals surface area contributed by atoms with Crippen LogP contribution >= 0.6 is 0 Å². The minimum Gasteiger partial charge on any atom is -0.383 e. The molecule has 0 saturated carbocycles. The molecule has 6 heteroatoms. The van der Waals surface area contributed by atoms with Gasteiger partial charge in [0.05, 0.1) is 23.6 Å². The van der Waals surface area contributed by atoms with Crippen molar-refractivity contribution in [3.05, 3.63) is 59.9 Å². The predicted octanol–water partition coefficient (Wildman–Crippen LogP) is 1.61. The van der Waals surface area contributed by atoms with Crippen molar-refractivity contribution in [2.75, 3.05) is 18.0 Å². The number of aliphatic hydroxyl groups is 1. The maximum absolute atomic E-state index is 12.6. The molecule has 1 amide bonds. The van der Waals surface area contributed by atoms with Gasteiger partial charge >= 0.3 is 0 Å². The van der Waals surface area contributed by atoms with E-state index in [1.54, 1.807) is 18.3 Å². The number of hydrogen-bond acceptors (Lipinski definition) is 5. The van der Waals surface area contributed by atoms with Gasteiger partial charge in [0.1, 0.15) is 12.1 Å². The molecular weight excluding hydrogens is 318 g/mol. The maximum atomic E-state index is 12.6. The van der Waals surface area contributed by atoms with Crippen LogP contribution in [0.3, 0.4) is 0 Å². The molecule has 6 nitrogen and oxygen atoms in total. The Morgan fingerprint density at radius 3 is 2.60 bits per heavy atom. The topological polar surface area (TPSA) is 82.9 Å². The molecule has 0 unspecified atom stereocenters. The number of para-hydroxylation sites is 1. The van der Waals surface area contributed by atoms with Gasteiger partial charge in [-0.15, -0.1) is 0 Å². The number of ketones is 1. The molecule has 2 heterocycles. The summed E-state index contributed by atoms with van der Waals surface area (Å²) in [5.74, 6) is -0.729. The van der Waals surface area contributed by atoms with Crippen molar-refractivity contribution in [3.63, 3.8) is 0 Å². The molecular formula is C19H19N3O3. The van der Waals surface area contributed by atoms with Gasteiger partial charge in [0.15, 0.2) is 5.78 Å². The number of aromatic nitrogens is 1. The number of fused-ring (bicyclic) bond motifs is 1. The van der Waals surface area contributed by atoms with Crippen molar-refractivity contribution in [1.82, 2.24) is 4.98 Å². The number of Topliss-reactive ketones (excluding diaryl/α,β-unsaturated/α-hetero) is 1. The van der Waals surface area contributed by atoms with E-state index >= 15 is 0 Å². The fourth-order valence-electron chi connectivity index (χ4n) is 2.59. The van der Waals surface area contributed by atoms with Crippen LogP contribution in [0.4, 0.5) is 5.69 Å². The number of benzodiazepines with no additional fused rings is 1. The monoisotopic (exact) mass is 337 g/mol. The normalized spacial score (nSPS) is 14.6. The minimum absolute atomic E-state index is 0.0836. The van der Waals surface area contributed by atoms with Gasteiger partial charge in [-0.2, -0.15) is 0 Å². The highest BCUT2D eigenvalue weighted by Gasteiger charge is 2.31. The van der Waals surface area contributed by atoms with Crippen LogP contribution in [-0.4, -0.2) is 46.2 Å². The largest absolute Gasteiger partial charge is 0.383 e. The zero-order chi connectivity index (χ0) is 18.0. The second kappa shape index (κ2) is 6.57. The molecule has 1 N–H and O–H groups in total. The number of hydrogen-bond donors (Lipinski definition) is 1. The average Bonchev–Trinajstić information content (AvgIpc) is 2.73. The fourth-order valence-corrected chi connectivity index (χ4v) is 2.59. The van der Waals surface area contributed by atoms with E-state index in [0.29, 0.717) is 17.1 Å². The van der Waals surface area contributed by atoms with Crippen LogP contribution in [0.25, 0.3) is 0 Å². The van der Waals surface area contributed by atoms with Crippen molar-refractivity contribution in [1.29, 1.82) is 0 Å².